The van der Waals surface area contributed by atoms with Crippen LogP contribution in [-0.2, 0) is 23.0 Å². The first-order valence-electron chi connectivity index (χ1n) is 20.5. The van der Waals surface area contributed by atoms with Crippen LogP contribution in [0.15, 0.2) is 102 Å². The van der Waals surface area contributed by atoms with Gasteiger partial charge in [0.25, 0.3) is 0 Å². The number of aryl methyl sites for hydroxylation is 2. The molecule has 0 fully saturated rings. The molecule has 5 rings (SSSR count). The summed E-state index contributed by atoms with van der Waals surface area (Å²) in [6.45, 7) is 28.1. The highest BCUT2D eigenvalue weighted by Gasteiger charge is 2.49. The number of hydrogen-bond acceptors (Lipinski definition) is 7. The van der Waals surface area contributed by atoms with Crippen molar-refractivity contribution in [2.75, 3.05) is 0 Å². The molecule has 0 spiro atoms. The third kappa shape index (κ3) is 13.1. The minimum atomic E-state index is -5.86. The zero-order chi connectivity index (χ0) is 45.0. The molecular weight excluding hydrogens is 822 g/mol. The first kappa shape index (κ1) is 48.5. The maximum atomic E-state index is 13.0. The summed E-state index contributed by atoms with van der Waals surface area (Å²) in [4.78, 5) is 0. The average molecular weight is 885 g/mol. The van der Waals surface area contributed by atoms with E-state index in [2.05, 4.69) is 48.5 Å². The molecular formula is C47H63F3O7SSi2. The molecule has 0 aliphatic heterocycles. The van der Waals surface area contributed by atoms with Crippen LogP contribution in [0.5, 0.6) is 28.7 Å². The number of phenolic OH excluding ortho intramolecular Hbond substituents is 2. The Kier molecular flexibility index (Phi) is 15.5. The van der Waals surface area contributed by atoms with E-state index in [-0.39, 0.29) is 46.7 Å². The predicted molar refractivity (Wildman–Crippen MR) is 242 cm³/mol. The molecule has 0 radical (unpaired) electrons. The van der Waals surface area contributed by atoms with E-state index in [1.807, 2.05) is 90.4 Å². The van der Waals surface area contributed by atoms with Crippen molar-refractivity contribution < 1.29 is 44.8 Å². The third-order valence-corrected chi connectivity index (χ3v) is 13.2. The van der Waals surface area contributed by atoms with Gasteiger partial charge in [0.2, 0.25) is 16.6 Å². The Labute approximate surface area is 358 Å². The molecule has 0 bridgehead atoms. The average Bonchev–Trinajstić information content (AvgIpc) is 3.09. The number of benzene rings is 3. The maximum absolute atomic E-state index is 13.0. The van der Waals surface area contributed by atoms with Gasteiger partial charge in [-0.3, -0.25) is 0 Å². The molecule has 328 valence electrons. The Hall–Kier alpha value is -4.21. The van der Waals surface area contributed by atoms with Crippen LogP contribution in [0.3, 0.4) is 0 Å². The molecule has 0 heterocycles. The van der Waals surface area contributed by atoms with Crippen LogP contribution < -0.4 is 13.0 Å². The van der Waals surface area contributed by atoms with Gasteiger partial charge in [-0.1, -0.05) is 77.9 Å². The number of hydrogen-bond donors (Lipinski definition) is 2. The lowest BCUT2D eigenvalue weighted by Gasteiger charge is -2.35. The standard InChI is InChI=1S/C24H28O2.C23H35F3O5SSi2/c1-16(2)20-12-9-17(3)13-21(20)24-22(25)14-19(15-23(24)26)11-10-18-7-5-4-6-8-18;1-15(2)18-11-10-16(3)12-19(18)22-20(30-33(4,5)6)13-17(14-21(22)31-34(7,8)9)29-32(27,28)23(24,25)26/h4-8,13-15,20-21,25-26H,1,9-12H2,2-3H3;12-14,18-19H,1,10-11H2,2-9H3/t20-,21+;18-,19+/m00/s1. The van der Waals surface area contributed by atoms with Crippen molar-refractivity contribution in [1.29, 1.82) is 0 Å². The SMILES string of the molecule is C=C(C)[C@@H]1CCC(C)=C[C@H]1c1c(O)cc(CCc2ccccc2)cc1O.C=C(C)[C@@H]1CCC(C)=C[C@H]1c1c(O[Si](C)(C)C)cc(OS(=O)(=O)C(F)(F)F)cc1O[Si](C)(C)C. The van der Waals surface area contributed by atoms with Crippen LogP contribution in [0.25, 0.3) is 0 Å². The van der Waals surface area contributed by atoms with E-state index in [0.29, 0.717) is 11.1 Å². The van der Waals surface area contributed by atoms with Gasteiger partial charge >= 0.3 is 15.6 Å². The van der Waals surface area contributed by atoms with Gasteiger partial charge in [-0.25, -0.2) is 0 Å². The smallest absolute Gasteiger partial charge is 0.534 e. The highest BCUT2D eigenvalue weighted by atomic mass is 32.2. The molecule has 4 atom stereocenters. The monoisotopic (exact) mass is 884 g/mol. The zero-order valence-electron chi connectivity index (χ0n) is 36.8. The van der Waals surface area contributed by atoms with Crippen LogP contribution >= 0.6 is 0 Å². The summed E-state index contributed by atoms with van der Waals surface area (Å²) >= 11 is 0. The molecule has 2 aliphatic carbocycles. The zero-order valence-corrected chi connectivity index (χ0v) is 39.6. The van der Waals surface area contributed by atoms with Gasteiger partial charge in [-0.15, -0.1) is 0 Å². The summed E-state index contributed by atoms with van der Waals surface area (Å²) in [6.07, 6.45) is 9.81. The van der Waals surface area contributed by atoms with Gasteiger partial charge in [0.05, 0.1) is 0 Å². The van der Waals surface area contributed by atoms with Crippen molar-refractivity contribution in [3.05, 3.63) is 124 Å². The fraction of sp³-hybridized carbons (Fsp3) is 0.447. The molecule has 13 heteroatoms. The number of halogens is 3. The Morgan fingerprint density at radius 1 is 0.717 bits per heavy atom. The molecule has 3 aromatic rings. The van der Waals surface area contributed by atoms with E-state index >= 15 is 0 Å². The lowest BCUT2D eigenvalue weighted by molar-refractivity contribution is -0.0500. The summed E-state index contributed by atoms with van der Waals surface area (Å²) in [5, 5.41) is 21.4. The fourth-order valence-electron chi connectivity index (χ4n) is 7.87. The fourth-order valence-corrected chi connectivity index (χ4v) is 9.97. The molecule has 0 aromatic heterocycles. The Morgan fingerprint density at radius 3 is 1.53 bits per heavy atom. The summed E-state index contributed by atoms with van der Waals surface area (Å²) in [5.74, 6) is 0.583. The van der Waals surface area contributed by atoms with Gasteiger partial charge in [0.15, 0.2) is 0 Å². The first-order chi connectivity index (χ1) is 27.7. The predicted octanol–water partition coefficient (Wildman–Crippen LogP) is 13.3. The third-order valence-electron chi connectivity index (χ3n) is 10.6. The van der Waals surface area contributed by atoms with Crippen LogP contribution in [-0.4, -0.2) is 40.8 Å². The topological polar surface area (TPSA) is 102 Å². The van der Waals surface area contributed by atoms with Gasteiger partial charge in [-0.2, -0.15) is 21.6 Å². The maximum Gasteiger partial charge on any atom is 0.534 e. The van der Waals surface area contributed by atoms with Crippen molar-refractivity contribution in [3.63, 3.8) is 0 Å². The van der Waals surface area contributed by atoms with Gasteiger partial charge < -0.3 is 23.2 Å². The van der Waals surface area contributed by atoms with Crippen molar-refractivity contribution in [2.24, 2.45) is 11.8 Å². The highest BCUT2D eigenvalue weighted by molar-refractivity contribution is 7.88. The Bertz CT molecular complexity index is 2140. The molecule has 0 saturated heterocycles. The molecule has 0 unspecified atom stereocenters. The van der Waals surface area contributed by atoms with Crippen LogP contribution in [0.1, 0.15) is 87.5 Å². The highest BCUT2D eigenvalue weighted by Crippen LogP contribution is 2.50. The molecule has 60 heavy (non-hydrogen) atoms. The first-order valence-corrected chi connectivity index (χ1v) is 28.7. The van der Waals surface area contributed by atoms with Crippen molar-refractivity contribution in [3.8, 4) is 28.7 Å². The molecule has 2 aliphatic rings. The van der Waals surface area contributed by atoms with Gasteiger partial charge in [0, 0.05) is 35.1 Å². The summed E-state index contributed by atoms with van der Waals surface area (Å²) in [7, 11) is -10.4. The van der Waals surface area contributed by atoms with E-state index in [0.717, 1.165) is 55.2 Å². The Morgan fingerprint density at radius 2 is 1.13 bits per heavy atom. The summed E-state index contributed by atoms with van der Waals surface area (Å²) in [6, 6.07) is 16.4. The minimum Gasteiger partial charge on any atom is -0.544 e. The lowest BCUT2D eigenvalue weighted by Crippen LogP contribution is -2.33. The largest absolute Gasteiger partial charge is 0.544 e. The number of aromatic hydroxyl groups is 2. The van der Waals surface area contributed by atoms with E-state index in [9.17, 15) is 31.8 Å². The van der Waals surface area contributed by atoms with Gasteiger partial charge in [0.1, 0.15) is 28.7 Å². The van der Waals surface area contributed by atoms with Crippen LogP contribution in [0, 0.1) is 11.8 Å². The summed E-state index contributed by atoms with van der Waals surface area (Å²) in [5.41, 5.74) is 2.55. The number of phenols is 2. The second kappa shape index (κ2) is 19.2. The lowest BCUT2D eigenvalue weighted by atomic mass is 9.73. The van der Waals surface area contributed by atoms with Crippen molar-refractivity contribution in [1.82, 2.24) is 0 Å². The van der Waals surface area contributed by atoms with Crippen molar-refractivity contribution >= 4 is 26.8 Å². The number of alkyl halides is 3. The molecule has 2 N–H and O–H groups in total. The number of allylic oxidation sites excluding steroid dienone is 6. The van der Waals surface area contributed by atoms with E-state index in [4.69, 9.17) is 8.85 Å². The van der Waals surface area contributed by atoms with Crippen LogP contribution in [0.4, 0.5) is 13.2 Å². The minimum absolute atomic E-state index is 0.00979. The number of rotatable bonds is 13. The molecule has 3 aromatic carbocycles. The molecule has 0 amide bonds. The van der Waals surface area contributed by atoms with Crippen LogP contribution in [0.2, 0.25) is 39.3 Å². The van der Waals surface area contributed by atoms with Gasteiger partial charge in [-0.05, 0) is 141 Å². The van der Waals surface area contributed by atoms with E-state index in [1.165, 1.54) is 28.8 Å². The second-order valence-corrected chi connectivity index (χ2v) is 28.7. The summed E-state index contributed by atoms with van der Waals surface area (Å²) < 4.78 is 79.7. The normalized spacial score (nSPS) is 19.9. The van der Waals surface area contributed by atoms with Crippen molar-refractivity contribution in [2.45, 2.75) is 123 Å². The molecule has 0 saturated carbocycles. The Balaban J connectivity index is 0.000000273. The quantitative estimate of drug-likeness (QED) is 0.0763. The van der Waals surface area contributed by atoms with E-state index < -0.39 is 38.0 Å². The van der Waals surface area contributed by atoms with E-state index in [1.54, 1.807) is 0 Å². The second-order valence-electron chi connectivity index (χ2n) is 18.3. The molecule has 7 nitrogen and oxygen atoms in total.